The van der Waals surface area contributed by atoms with Crippen molar-refractivity contribution in [2.24, 2.45) is 0 Å². The van der Waals surface area contributed by atoms with Crippen molar-refractivity contribution < 1.29 is 39.6 Å². The summed E-state index contributed by atoms with van der Waals surface area (Å²) in [5.74, 6) is -4.89. The summed E-state index contributed by atoms with van der Waals surface area (Å²) in [6.45, 7) is 0. The average Bonchev–Trinajstić information content (AvgIpc) is 2.88. The molecule has 4 aromatic carbocycles. The Morgan fingerprint density at radius 1 is 0.389 bits per heavy atom. The Balaban J connectivity index is 1.64. The molecule has 4 rings (SSSR count). The highest BCUT2D eigenvalue weighted by atomic mass is 16.4. The van der Waals surface area contributed by atoms with Crippen LogP contribution in [0, 0.1) is 0 Å². The SMILES string of the molecule is O=C(O)c1ccc(-c2ccc(-c3ccc(-c4ccc(C(=O)O)cc4C(=O)O)cc3)cc2)c(C(=O)O)c1. The molecule has 0 fully saturated rings. The van der Waals surface area contributed by atoms with Crippen molar-refractivity contribution in [1.29, 1.82) is 0 Å². The van der Waals surface area contributed by atoms with E-state index in [-0.39, 0.29) is 22.3 Å². The summed E-state index contributed by atoms with van der Waals surface area (Å²) in [4.78, 5) is 45.7. The minimum atomic E-state index is -1.23. The van der Waals surface area contributed by atoms with E-state index in [4.69, 9.17) is 10.2 Å². The van der Waals surface area contributed by atoms with Crippen molar-refractivity contribution >= 4 is 23.9 Å². The number of benzene rings is 4. The molecule has 0 saturated heterocycles. The Hall–Kier alpha value is -5.24. The molecule has 0 aliphatic rings. The van der Waals surface area contributed by atoms with Gasteiger partial charge in [0.25, 0.3) is 0 Å². The Morgan fingerprint density at radius 3 is 0.972 bits per heavy atom. The number of hydrogen-bond donors (Lipinski definition) is 4. The number of hydrogen-bond acceptors (Lipinski definition) is 4. The third kappa shape index (κ3) is 4.69. The first-order valence-electron chi connectivity index (χ1n) is 10.6. The van der Waals surface area contributed by atoms with Crippen LogP contribution < -0.4 is 0 Å². The van der Waals surface area contributed by atoms with E-state index in [2.05, 4.69) is 0 Å². The molecule has 0 spiro atoms. The lowest BCUT2D eigenvalue weighted by Crippen LogP contribution is -2.04. The lowest BCUT2D eigenvalue weighted by molar-refractivity contribution is 0.0677. The van der Waals surface area contributed by atoms with Crippen molar-refractivity contribution in [2.75, 3.05) is 0 Å². The van der Waals surface area contributed by atoms with Crippen LogP contribution in [0.15, 0.2) is 84.9 Å². The minimum absolute atomic E-state index is 0.114. The lowest BCUT2D eigenvalue weighted by atomic mass is 9.94. The van der Waals surface area contributed by atoms with E-state index < -0.39 is 23.9 Å². The zero-order valence-electron chi connectivity index (χ0n) is 18.5. The molecule has 178 valence electrons. The summed E-state index contributed by atoms with van der Waals surface area (Å²) in [7, 11) is 0. The fourth-order valence-corrected chi connectivity index (χ4v) is 3.90. The molecule has 0 aliphatic carbocycles. The molecule has 0 aromatic heterocycles. The Kier molecular flexibility index (Phi) is 6.34. The Bertz CT molecular complexity index is 1400. The fraction of sp³-hybridized carbons (Fsp3) is 0. The summed E-state index contributed by atoms with van der Waals surface area (Å²) >= 11 is 0. The largest absolute Gasteiger partial charge is 0.478 e. The first-order valence-corrected chi connectivity index (χ1v) is 10.6. The van der Waals surface area contributed by atoms with Crippen LogP contribution >= 0.6 is 0 Å². The van der Waals surface area contributed by atoms with Gasteiger partial charge >= 0.3 is 23.9 Å². The van der Waals surface area contributed by atoms with Crippen molar-refractivity contribution in [1.82, 2.24) is 0 Å². The number of carboxylic acid groups (broad SMARTS) is 4. The van der Waals surface area contributed by atoms with Gasteiger partial charge < -0.3 is 20.4 Å². The van der Waals surface area contributed by atoms with Gasteiger partial charge in [-0.3, -0.25) is 0 Å². The van der Waals surface area contributed by atoms with Crippen LogP contribution in [0.4, 0.5) is 0 Å². The third-order valence-electron chi connectivity index (χ3n) is 5.72. The average molecular weight is 482 g/mol. The molecule has 4 aromatic rings. The molecule has 0 radical (unpaired) electrons. The van der Waals surface area contributed by atoms with Crippen molar-refractivity contribution in [3.63, 3.8) is 0 Å². The van der Waals surface area contributed by atoms with Crippen molar-refractivity contribution in [2.45, 2.75) is 0 Å². The molecule has 36 heavy (non-hydrogen) atoms. The highest BCUT2D eigenvalue weighted by Crippen LogP contribution is 2.31. The highest BCUT2D eigenvalue weighted by Gasteiger charge is 2.17. The Morgan fingerprint density at radius 2 is 0.694 bits per heavy atom. The highest BCUT2D eigenvalue weighted by molar-refractivity contribution is 6.00. The molecule has 0 amide bonds. The van der Waals surface area contributed by atoms with Gasteiger partial charge in [-0.2, -0.15) is 0 Å². The molecule has 0 saturated carbocycles. The van der Waals surface area contributed by atoms with Crippen LogP contribution in [0.3, 0.4) is 0 Å². The standard InChI is InChI=1S/C28H18O8/c29-25(30)19-9-11-21(23(13-19)27(33)34)17-5-1-15(2-6-17)16-3-7-18(8-4-16)22-12-10-20(26(31)32)14-24(22)28(35)36/h1-14H,(H,29,30)(H,31,32)(H,33,34)(H,35,36). The Labute approximate surface area is 204 Å². The molecule has 0 heterocycles. The van der Waals surface area contributed by atoms with E-state index in [0.29, 0.717) is 22.3 Å². The molecule has 0 aliphatic heterocycles. The summed E-state index contributed by atoms with van der Waals surface area (Å²) in [5.41, 5.74) is 3.18. The molecule has 8 nitrogen and oxygen atoms in total. The molecule has 4 N–H and O–H groups in total. The number of rotatable bonds is 7. The van der Waals surface area contributed by atoms with Crippen molar-refractivity contribution in [3.8, 4) is 33.4 Å². The normalized spacial score (nSPS) is 10.6. The van der Waals surface area contributed by atoms with E-state index in [9.17, 15) is 29.4 Å². The van der Waals surface area contributed by atoms with Crippen molar-refractivity contribution in [3.05, 3.63) is 107 Å². The van der Waals surface area contributed by atoms with E-state index in [1.807, 2.05) is 0 Å². The van der Waals surface area contributed by atoms with Gasteiger partial charge in [-0.05, 0) is 57.6 Å². The topological polar surface area (TPSA) is 149 Å². The van der Waals surface area contributed by atoms with Gasteiger partial charge in [0.2, 0.25) is 0 Å². The zero-order chi connectivity index (χ0) is 26.0. The van der Waals surface area contributed by atoms with E-state index in [0.717, 1.165) is 23.3 Å². The lowest BCUT2D eigenvalue weighted by Gasteiger charge is -2.10. The van der Waals surface area contributed by atoms with Crippen LogP contribution in [0.2, 0.25) is 0 Å². The van der Waals surface area contributed by atoms with Gasteiger partial charge in [-0.25, -0.2) is 19.2 Å². The molecule has 0 bridgehead atoms. The molecule has 8 heteroatoms. The second-order valence-corrected chi connectivity index (χ2v) is 7.90. The van der Waals surface area contributed by atoms with E-state index in [1.165, 1.54) is 24.3 Å². The van der Waals surface area contributed by atoms with Gasteiger partial charge in [-0.1, -0.05) is 60.7 Å². The van der Waals surface area contributed by atoms with Crippen LogP contribution in [-0.2, 0) is 0 Å². The smallest absolute Gasteiger partial charge is 0.336 e. The zero-order valence-corrected chi connectivity index (χ0v) is 18.5. The summed E-state index contributed by atoms with van der Waals surface area (Å²) in [5, 5.41) is 37.3. The first kappa shape index (κ1) is 23.9. The van der Waals surface area contributed by atoms with Gasteiger partial charge in [0.1, 0.15) is 0 Å². The van der Waals surface area contributed by atoms with E-state index >= 15 is 0 Å². The predicted molar refractivity (Wildman–Crippen MR) is 131 cm³/mol. The summed E-state index contributed by atoms with van der Waals surface area (Å²) < 4.78 is 0. The second-order valence-electron chi connectivity index (χ2n) is 7.90. The number of carbonyl (C=O) groups is 4. The summed E-state index contributed by atoms with van der Waals surface area (Å²) in [6.07, 6.45) is 0. The first-order chi connectivity index (χ1) is 17.2. The van der Waals surface area contributed by atoms with E-state index in [1.54, 1.807) is 48.5 Å². The number of aromatic carboxylic acids is 4. The molecular formula is C28H18O8. The monoisotopic (exact) mass is 482 g/mol. The van der Waals surface area contributed by atoms with Gasteiger partial charge in [0.05, 0.1) is 22.3 Å². The van der Waals surface area contributed by atoms with Gasteiger partial charge in [0, 0.05) is 0 Å². The maximum Gasteiger partial charge on any atom is 0.336 e. The van der Waals surface area contributed by atoms with Crippen LogP contribution in [0.1, 0.15) is 41.4 Å². The van der Waals surface area contributed by atoms with Crippen LogP contribution in [0.25, 0.3) is 33.4 Å². The minimum Gasteiger partial charge on any atom is -0.478 e. The molecular weight excluding hydrogens is 464 g/mol. The second kappa shape index (κ2) is 9.55. The predicted octanol–water partition coefficient (Wildman–Crippen LogP) is 5.48. The van der Waals surface area contributed by atoms with Crippen LogP contribution in [-0.4, -0.2) is 44.3 Å². The fourth-order valence-electron chi connectivity index (χ4n) is 3.90. The maximum atomic E-state index is 11.7. The molecule has 0 unspecified atom stereocenters. The maximum absolute atomic E-state index is 11.7. The quantitative estimate of drug-likeness (QED) is 0.270. The summed E-state index contributed by atoms with van der Waals surface area (Å²) in [6, 6.07) is 22.0. The molecule has 0 atom stereocenters. The van der Waals surface area contributed by atoms with Crippen LogP contribution in [0.5, 0.6) is 0 Å². The third-order valence-corrected chi connectivity index (χ3v) is 5.72. The number of carboxylic acids is 4. The van der Waals surface area contributed by atoms with Gasteiger partial charge in [0.15, 0.2) is 0 Å². The van der Waals surface area contributed by atoms with Gasteiger partial charge in [-0.15, -0.1) is 0 Å².